The first-order valence-electron chi connectivity index (χ1n) is 7.14. The molecular formula is C15H21N3O. The molecule has 1 N–H and O–H groups in total. The lowest BCUT2D eigenvalue weighted by Crippen LogP contribution is -2.61. The molecule has 0 spiro atoms. The highest BCUT2D eigenvalue weighted by Crippen LogP contribution is 2.18. The Morgan fingerprint density at radius 2 is 1.89 bits per heavy atom. The lowest BCUT2D eigenvalue weighted by atomic mass is 10.0. The highest BCUT2D eigenvalue weighted by atomic mass is 16.2. The average molecular weight is 259 g/mol. The molecule has 0 radical (unpaired) electrons. The van der Waals surface area contributed by atoms with Crippen LogP contribution in [0.5, 0.6) is 0 Å². The van der Waals surface area contributed by atoms with Crippen molar-refractivity contribution in [3.63, 3.8) is 0 Å². The van der Waals surface area contributed by atoms with Crippen molar-refractivity contribution in [2.45, 2.75) is 12.5 Å². The first-order chi connectivity index (χ1) is 9.34. The molecule has 2 aliphatic heterocycles. The van der Waals surface area contributed by atoms with Crippen molar-refractivity contribution < 1.29 is 4.79 Å². The first-order valence-corrected chi connectivity index (χ1v) is 7.14. The number of hydrogen-bond donors (Lipinski definition) is 1. The van der Waals surface area contributed by atoms with Gasteiger partial charge < -0.3 is 10.2 Å². The molecule has 4 heteroatoms. The van der Waals surface area contributed by atoms with Gasteiger partial charge in [-0.05, 0) is 31.6 Å². The smallest absolute Gasteiger partial charge is 0.253 e. The summed E-state index contributed by atoms with van der Waals surface area (Å²) in [7, 11) is 0. The van der Waals surface area contributed by atoms with E-state index in [4.69, 9.17) is 0 Å². The molecule has 0 saturated carbocycles. The van der Waals surface area contributed by atoms with Crippen molar-refractivity contribution in [3.05, 3.63) is 35.9 Å². The maximum Gasteiger partial charge on any atom is 0.253 e. The third-order valence-electron chi connectivity index (χ3n) is 4.06. The van der Waals surface area contributed by atoms with Gasteiger partial charge in [0, 0.05) is 37.8 Å². The minimum Gasteiger partial charge on any atom is -0.335 e. The van der Waals surface area contributed by atoms with Crippen LogP contribution in [0.3, 0.4) is 0 Å². The Morgan fingerprint density at radius 1 is 1.11 bits per heavy atom. The second kappa shape index (κ2) is 5.72. The molecule has 1 amide bonds. The summed E-state index contributed by atoms with van der Waals surface area (Å²) >= 11 is 0. The van der Waals surface area contributed by atoms with Crippen molar-refractivity contribution in [3.8, 4) is 0 Å². The maximum atomic E-state index is 12.2. The summed E-state index contributed by atoms with van der Waals surface area (Å²) in [5.41, 5.74) is 0.804. The van der Waals surface area contributed by atoms with E-state index in [1.54, 1.807) is 0 Å². The van der Waals surface area contributed by atoms with E-state index in [1.807, 2.05) is 35.2 Å². The van der Waals surface area contributed by atoms with Crippen LogP contribution in [0.15, 0.2) is 30.3 Å². The Labute approximate surface area is 114 Å². The van der Waals surface area contributed by atoms with Crippen molar-refractivity contribution >= 4 is 5.91 Å². The zero-order chi connectivity index (χ0) is 13.1. The van der Waals surface area contributed by atoms with E-state index in [-0.39, 0.29) is 5.91 Å². The number of amides is 1. The summed E-state index contributed by atoms with van der Waals surface area (Å²) in [4.78, 5) is 16.7. The monoisotopic (exact) mass is 259 g/mol. The number of rotatable bonds is 2. The summed E-state index contributed by atoms with van der Waals surface area (Å²) in [6, 6.07) is 10.1. The van der Waals surface area contributed by atoms with Gasteiger partial charge in [0.25, 0.3) is 5.91 Å². The van der Waals surface area contributed by atoms with Gasteiger partial charge in [0.2, 0.25) is 0 Å². The van der Waals surface area contributed by atoms with Crippen molar-refractivity contribution in [1.82, 2.24) is 15.1 Å². The van der Waals surface area contributed by atoms with E-state index in [0.717, 1.165) is 44.8 Å². The topological polar surface area (TPSA) is 35.6 Å². The number of nitrogens with zero attached hydrogens (tertiary/aromatic N) is 2. The molecule has 0 unspecified atom stereocenters. The second-order valence-corrected chi connectivity index (χ2v) is 5.37. The van der Waals surface area contributed by atoms with Crippen LogP contribution in [0.25, 0.3) is 0 Å². The number of carbonyl (C=O) groups is 1. The number of carbonyl (C=O) groups excluding carboxylic acids is 1. The Hall–Kier alpha value is -1.39. The van der Waals surface area contributed by atoms with Crippen molar-refractivity contribution in [2.75, 3.05) is 39.3 Å². The van der Waals surface area contributed by atoms with Crippen LogP contribution in [0.4, 0.5) is 0 Å². The fourth-order valence-corrected chi connectivity index (χ4v) is 2.85. The zero-order valence-electron chi connectivity index (χ0n) is 11.2. The highest BCUT2D eigenvalue weighted by Gasteiger charge is 2.34. The number of nitrogens with one attached hydrogen (secondary N) is 1. The van der Waals surface area contributed by atoms with Crippen LogP contribution in [0.2, 0.25) is 0 Å². The zero-order valence-corrected chi connectivity index (χ0v) is 11.2. The Bertz CT molecular complexity index is 420. The average Bonchev–Trinajstić information content (AvgIpc) is 2.67. The highest BCUT2D eigenvalue weighted by molar-refractivity contribution is 5.94. The van der Waals surface area contributed by atoms with E-state index >= 15 is 0 Å². The van der Waals surface area contributed by atoms with Gasteiger partial charge in [0.05, 0.1) is 0 Å². The fourth-order valence-electron chi connectivity index (χ4n) is 2.85. The molecule has 2 aliphatic rings. The third-order valence-corrected chi connectivity index (χ3v) is 4.06. The molecule has 1 aromatic carbocycles. The van der Waals surface area contributed by atoms with Crippen LogP contribution < -0.4 is 5.32 Å². The molecule has 0 bridgehead atoms. The van der Waals surface area contributed by atoms with Gasteiger partial charge >= 0.3 is 0 Å². The summed E-state index contributed by atoms with van der Waals surface area (Å²) < 4.78 is 0. The van der Waals surface area contributed by atoms with E-state index in [9.17, 15) is 4.79 Å². The summed E-state index contributed by atoms with van der Waals surface area (Å²) in [6.07, 6.45) is 1.21. The van der Waals surface area contributed by atoms with Gasteiger partial charge in [-0.2, -0.15) is 0 Å². The summed E-state index contributed by atoms with van der Waals surface area (Å²) in [5, 5.41) is 3.42. The lowest BCUT2D eigenvalue weighted by molar-refractivity contribution is 0.0284. The molecule has 19 heavy (non-hydrogen) atoms. The number of likely N-dealkylation sites (tertiary alicyclic amines) is 1. The standard InChI is InChI=1S/C15H21N3O/c19-15(13-5-2-1-3-6-13)18-11-14(12-18)17-9-4-7-16-8-10-17/h1-3,5-6,14,16H,4,7-12H2. The Balaban J connectivity index is 1.53. The van der Waals surface area contributed by atoms with Gasteiger partial charge in [0.15, 0.2) is 0 Å². The minimum absolute atomic E-state index is 0.171. The quantitative estimate of drug-likeness (QED) is 0.853. The van der Waals surface area contributed by atoms with Crippen molar-refractivity contribution in [1.29, 1.82) is 0 Å². The van der Waals surface area contributed by atoms with Crippen LogP contribution in [-0.4, -0.2) is 61.0 Å². The van der Waals surface area contributed by atoms with E-state index in [0.29, 0.717) is 6.04 Å². The normalized spacial score (nSPS) is 21.8. The fraction of sp³-hybridized carbons (Fsp3) is 0.533. The summed E-state index contributed by atoms with van der Waals surface area (Å²) in [5.74, 6) is 0.171. The van der Waals surface area contributed by atoms with Crippen LogP contribution >= 0.6 is 0 Å². The molecule has 102 valence electrons. The van der Waals surface area contributed by atoms with Gasteiger partial charge in [-0.3, -0.25) is 9.69 Å². The van der Waals surface area contributed by atoms with Crippen LogP contribution in [0.1, 0.15) is 16.8 Å². The molecule has 2 fully saturated rings. The summed E-state index contributed by atoms with van der Waals surface area (Å²) in [6.45, 7) is 6.23. The number of hydrogen-bond acceptors (Lipinski definition) is 3. The lowest BCUT2D eigenvalue weighted by Gasteiger charge is -2.45. The molecule has 2 saturated heterocycles. The third kappa shape index (κ3) is 2.80. The van der Waals surface area contributed by atoms with Gasteiger partial charge in [-0.15, -0.1) is 0 Å². The molecule has 3 rings (SSSR count). The van der Waals surface area contributed by atoms with E-state index < -0.39 is 0 Å². The minimum atomic E-state index is 0.171. The van der Waals surface area contributed by atoms with Crippen molar-refractivity contribution in [2.24, 2.45) is 0 Å². The van der Waals surface area contributed by atoms with Gasteiger partial charge in [-0.25, -0.2) is 0 Å². The molecule has 0 aliphatic carbocycles. The molecule has 0 aromatic heterocycles. The largest absolute Gasteiger partial charge is 0.335 e. The van der Waals surface area contributed by atoms with Crippen LogP contribution in [0, 0.1) is 0 Å². The van der Waals surface area contributed by atoms with E-state index in [2.05, 4.69) is 10.2 Å². The molecular weight excluding hydrogens is 238 g/mol. The second-order valence-electron chi connectivity index (χ2n) is 5.37. The predicted molar refractivity (Wildman–Crippen MR) is 75.2 cm³/mol. The predicted octanol–water partition coefficient (Wildman–Crippen LogP) is 0.806. The number of benzene rings is 1. The SMILES string of the molecule is O=C(c1ccccc1)N1CC(N2CCCNCC2)C1. The Kier molecular flexibility index (Phi) is 3.80. The van der Waals surface area contributed by atoms with E-state index in [1.165, 1.54) is 6.42 Å². The Morgan fingerprint density at radius 3 is 2.68 bits per heavy atom. The first kappa shape index (κ1) is 12.6. The van der Waals surface area contributed by atoms with Gasteiger partial charge in [0.1, 0.15) is 0 Å². The van der Waals surface area contributed by atoms with Gasteiger partial charge in [-0.1, -0.05) is 18.2 Å². The molecule has 4 nitrogen and oxygen atoms in total. The maximum absolute atomic E-state index is 12.2. The van der Waals surface area contributed by atoms with Crippen LogP contribution in [-0.2, 0) is 0 Å². The molecule has 2 heterocycles. The molecule has 0 atom stereocenters. The molecule has 1 aromatic rings.